The fourth-order valence-electron chi connectivity index (χ4n) is 2.22. The number of nitrogens with zero attached hydrogens (tertiary/aromatic N) is 1. The maximum Gasteiger partial charge on any atom is 0.170 e. The normalized spacial score (nSPS) is 9.96. The van der Waals surface area contributed by atoms with Crippen molar-refractivity contribution in [2.24, 2.45) is 0 Å². The van der Waals surface area contributed by atoms with Crippen molar-refractivity contribution in [1.29, 1.82) is 0 Å². The molecule has 2 rings (SSSR count). The lowest BCUT2D eigenvalue weighted by molar-refractivity contribution is 0.395. The predicted octanol–water partition coefficient (Wildman–Crippen LogP) is 3.13. The molecule has 0 saturated heterocycles. The molecule has 0 unspecified atom stereocenters. The maximum atomic E-state index is 5.35. The number of para-hydroxylation sites is 1. The van der Waals surface area contributed by atoms with Gasteiger partial charge >= 0.3 is 0 Å². The smallest absolute Gasteiger partial charge is 0.170 e. The van der Waals surface area contributed by atoms with E-state index < -0.39 is 0 Å². The second kappa shape index (κ2) is 8.98. The molecule has 0 aliphatic rings. The molecule has 5 nitrogen and oxygen atoms in total. The Balaban J connectivity index is 1.83. The zero-order valence-electron chi connectivity index (χ0n) is 14.2. The van der Waals surface area contributed by atoms with Crippen LogP contribution >= 0.6 is 12.2 Å². The third-order valence-corrected chi connectivity index (χ3v) is 3.83. The molecule has 6 heteroatoms. The summed E-state index contributed by atoms with van der Waals surface area (Å²) >= 11 is 5.35. The van der Waals surface area contributed by atoms with Crippen molar-refractivity contribution in [3.63, 3.8) is 0 Å². The first-order valence-electron chi connectivity index (χ1n) is 7.67. The number of benzene rings is 2. The van der Waals surface area contributed by atoms with Gasteiger partial charge in [-0.3, -0.25) is 0 Å². The number of likely N-dealkylation sites (N-methyl/N-ethyl adjacent to an activating group) is 1. The summed E-state index contributed by atoms with van der Waals surface area (Å²) in [6.45, 7) is 1.57. The van der Waals surface area contributed by atoms with Crippen LogP contribution in [0.1, 0.15) is 0 Å². The zero-order chi connectivity index (χ0) is 17.4. The Labute approximate surface area is 148 Å². The van der Waals surface area contributed by atoms with Gasteiger partial charge in [0.25, 0.3) is 0 Å². The highest BCUT2D eigenvalue weighted by Crippen LogP contribution is 2.28. The Morgan fingerprint density at radius 3 is 2.50 bits per heavy atom. The predicted molar refractivity (Wildman–Crippen MR) is 103 cm³/mol. The van der Waals surface area contributed by atoms with Crippen molar-refractivity contribution in [1.82, 2.24) is 5.32 Å². The monoisotopic (exact) mass is 345 g/mol. The van der Waals surface area contributed by atoms with Crippen LogP contribution in [0.5, 0.6) is 11.5 Å². The van der Waals surface area contributed by atoms with Crippen LogP contribution in [-0.2, 0) is 0 Å². The quantitative estimate of drug-likeness (QED) is 0.752. The minimum absolute atomic E-state index is 0.555. The number of nitrogens with one attached hydrogen (secondary N) is 2. The van der Waals surface area contributed by atoms with E-state index in [4.69, 9.17) is 21.7 Å². The number of methoxy groups -OCH3 is 2. The number of anilines is 2. The van der Waals surface area contributed by atoms with Crippen LogP contribution in [0.2, 0.25) is 0 Å². The van der Waals surface area contributed by atoms with E-state index in [2.05, 4.69) is 34.7 Å². The number of thiocarbonyl (C=S) groups is 1. The molecule has 0 saturated carbocycles. The summed E-state index contributed by atoms with van der Waals surface area (Å²) in [6.07, 6.45) is 0. The lowest BCUT2D eigenvalue weighted by atomic mass is 10.2. The van der Waals surface area contributed by atoms with Gasteiger partial charge in [0, 0.05) is 31.9 Å². The van der Waals surface area contributed by atoms with Crippen molar-refractivity contribution in [3.8, 4) is 11.5 Å². The Morgan fingerprint density at radius 2 is 1.83 bits per heavy atom. The molecule has 0 heterocycles. The molecule has 0 aromatic heterocycles. The largest absolute Gasteiger partial charge is 0.497 e. The molecule has 2 aromatic carbocycles. The third kappa shape index (κ3) is 5.03. The van der Waals surface area contributed by atoms with E-state index in [1.54, 1.807) is 14.2 Å². The molecule has 0 spiro atoms. The molecule has 0 aliphatic carbocycles. The van der Waals surface area contributed by atoms with Gasteiger partial charge in [-0.25, -0.2) is 0 Å². The summed E-state index contributed by atoms with van der Waals surface area (Å²) < 4.78 is 10.5. The molecular formula is C18H23N3O2S. The van der Waals surface area contributed by atoms with E-state index in [1.807, 2.05) is 36.4 Å². The highest BCUT2D eigenvalue weighted by atomic mass is 32.1. The number of hydrogen-bond donors (Lipinski definition) is 2. The van der Waals surface area contributed by atoms with Gasteiger partial charge in [0.15, 0.2) is 5.11 Å². The number of hydrogen-bond acceptors (Lipinski definition) is 4. The van der Waals surface area contributed by atoms with Gasteiger partial charge in [0.2, 0.25) is 0 Å². The van der Waals surface area contributed by atoms with Gasteiger partial charge in [0.1, 0.15) is 11.5 Å². The number of ether oxygens (including phenoxy) is 2. The lowest BCUT2D eigenvalue weighted by Gasteiger charge is -2.20. The second-order valence-corrected chi connectivity index (χ2v) is 5.61. The summed E-state index contributed by atoms with van der Waals surface area (Å²) in [7, 11) is 5.29. The number of rotatable bonds is 7. The van der Waals surface area contributed by atoms with E-state index in [0.29, 0.717) is 10.9 Å². The summed E-state index contributed by atoms with van der Waals surface area (Å²) in [5.41, 5.74) is 1.97. The van der Waals surface area contributed by atoms with Crippen LogP contribution in [0, 0.1) is 0 Å². The van der Waals surface area contributed by atoms with E-state index in [1.165, 1.54) is 5.69 Å². The standard InChI is InChI=1S/C18H23N3O2S/c1-21(14-7-5-4-6-8-14)12-11-19-18(24)20-16-10-9-15(22-2)13-17(16)23-3/h4-10,13H,11-12H2,1-3H3,(H2,19,20,24). The topological polar surface area (TPSA) is 45.8 Å². The molecule has 2 aromatic rings. The van der Waals surface area contributed by atoms with Crippen molar-refractivity contribution < 1.29 is 9.47 Å². The summed E-state index contributed by atoms with van der Waals surface area (Å²) in [5.74, 6) is 1.42. The van der Waals surface area contributed by atoms with Gasteiger partial charge in [-0.1, -0.05) is 18.2 Å². The average molecular weight is 345 g/mol. The highest BCUT2D eigenvalue weighted by molar-refractivity contribution is 7.80. The first-order valence-corrected chi connectivity index (χ1v) is 8.08. The van der Waals surface area contributed by atoms with E-state index in [9.17, 15) is 0 Å². The van der Waals surface area contributed by atoms with Crippen molar-refractivity contribution in [2.45, 2.75) is 0 Å². The molecule has 24 heavy (non-hydrogen) atoms. The summed E-state index contributed by atoms with van der Waals surface area (Å²) in [6, 6.07) is 15.8. The Kier molecular flexibility index (Phi) is 6.69. The van der Waals surface area contributed by atoms with Crippen molar-refractivity contribution in [2.75, 3.05) is 44.6 Å². The van der Waals surface area contributed by atoms with Gasteiger partial charge in [-0.15, -0.1) is 0 Å². The van der Waals surface area contributed by atoms with Crippen LogP contribution in [0.25, 0.3) is 0 Å². The molecular weight excluding hydrogens is 322 g/mol. The van der Waals surface area contributed by atoms with Crippen LogP contribution in [-0.4, -0.2) is 39.5 Å². The van der Waals surface area contributed by atoms with Crippen molar-refractivity contribution in [3.05, 3.63) is 48.5 Å². The summed E-state index contributed by atoms with van der Waals surface area (Å²) in [5, 5.41) is 6.91. The van der Waals surface area contributed by atoms with Gasteiger partial charge < -0.3 is 25.0 Å². The molecule has 0 bridgehead atoms. The maximum absolute atomic E-state index is 5.35. The molecule has 128 valence electrons. The molecule has 0 aliphatic heterocycles. The van der Waals surface area contributed by atoms with Crippen LogP contribution in [0.15, 0.2) is 48.5 Å². The summed E-state index contributed by atoms with van der Waals surface area (Å²) in [4.78, 5) is 2.17. The van der Waals surface area contributed by atoms with Gasteiger partial charge in [-0.05, 0) is 36.5 Å². The first-order chi connectivity index (χ1) is 11.6. The van der Waals surface area contributed by atoms with Crippen LogP contribution in [0.3, 0.4) is 0 Å². The van der Waals surface area contributed by atoms with Gasteiger partial charge in [0.05, 0.1) is 19.9 Å². The van der Waals surface area contributed by atoms with E-state index in [0.717, 1.165) is 24.5 Å². The van der Waals surface area contributed by atoms with Crippen molar-refractivity contribution >= 4 is 28.7 Å². The SMILES string of the molecule is COc1ccc(NC(=S)NCCN(C)c2ccccc2)c(OC)c1. The molecule has 0 amide bonds. The average Bonchev–Trinajstić information content (AvgIpc) is 2.62. The van der Waals surface area contributed by atoms with E-state index >= 15 is 0 Å². The fraction of sp³-hybridized carbons (Fsp3) is 0.278. The Morgan fingerprint density at radius 1 is 1.08 bits per heavy atom. The minimum atomic E-state index is 0.555. The van der Waals surface area contributed by atoms with Gasteiger partial charge in [-0.2, -0.15) is 0 Å². The highest BCUT2D eigenvalue weighted by Gasteiger charge is 2.07. The first kappa shape index (κ1) is 17.9. The molecule has 0 radical (unpaired) electrons. The molecule has 2 N–H and O–H groups in total. The second-order valence-electron chi connectivity index (χ2n) is 5.20. The molecule has 0 fully saturated rings. The Hall–Kier alpha value is -2.47. The third-order valence-electron chi connectivity index (χ3n) is 3.59. The van der Waals surface area contributed by atoms with Crippen LogP contribution in [0.4, 0.5) is 11.4 Å². The molecule has 0 atom stereocenters. The van der Waals surface area contributed by atoms with Crippen LogP contribution < -0.4 is 25.0 Å². The fourth-order valence-corrected chi connectivity index (χ4v) is 2.43. The Bertz CT molecular complexity index is 665. The van der Waals surface area contributed by atoms with E-state index in [-0.39, 0.29) is 0 Å². The lowest BCUT2D eigenvalue weighted by Crippen LogP contribution is -2.35. The minimum Gasteiger partial charge on any atom is -0.497 e. The zero-order valence-corrected chi connectivity index (χ0v) is 15.0.